The molecule has 1 saturated heterocycles. The Morgan fingerprint density at radius 3 is 3.00 bits per heavy atom. The molecule has 6 nitrogen and oxygen atoms in total. The second-order valence-corrected chi connectivity index (χ2v) is 6.83. The molecule has 1 fully saturated rings. The van der Waals surface area contributed by atoms with Crippen LogP contribution in [0.15, 0.2) is 28.2 Å². The zero-order chi connectivity index (χ0) is 17.1. The number of methoxy groups -OCH3 is 1. The van der Waals surface area contributed by atoms with Crippen LogP contribution in [-0.4, -0.2) is 41.1 Å². The lowest BCUT2D eigenvalue weighted by molar-refractivity contribution is 0.0601. The molecule has 1 aromatic carbocycles. The Morgan fingerprint density at radius 1 is 1.50 bits per heavy atom. The van der Waals surface area contributed by atoms with Crippen molar-refractivity contribution in [2.75, 3.05) is 19.5 Å². The first-order chi connectivity index (χ1) is 11.6. The second kappa shape index (κ2) is 7.36. The highest BCUT2D eigenvalue weighted by molar-refractivity contribution is 7.99. The predicted octanol–water partition coefficient (Wildman–Crippen LogP) is 2.47. The molecule has 128 valence electrons. The summed E-state index contributed by atoms with van der Waals surface area (Å²) in [5.74, 6) is 0.368. The minimum atomic E-state index is -0.438. The van der Waals surface area contributed by atoms with Crippen LogP contribution in [0, 0.1) is 0 Å². The second-order valence-electron chi connectivity index (χ2n) is 5.60. The van der Waals surface area contributed by atoms with Gasteiger partial charge in [0, 0.05) is 6.61 Å². The van der Waals surface area contributed by atoms with Crippen LogP contribution in [0.5, 0.6) is 0 Å². The van der Waals surface area contributed by atoms with Gasteiger partial charge in [0.25, 0.3) is 5.56 Å². The summed E-state index contributed by atoms with van der Waals surface area (Å²) in [6.45, 7) is 3.28. The first kappa shape index (κ1) is 17.0. The number of fused-ring (bicyclic) bond motifs is 1. The van der Waals surface area contributed by atoms with Gasteiger partial charge in [-0.25, -0.2) is 9.78 Å². The minimum absolute atomic E-state index is 0.0625. The van der Waals surface area contributed by atoms with E-state index in [0.717, 1.165) is 25.2 Å². The van der Waals surface area contributed by atoms with Crippen LogP contribution in [0.2, 0.25) is 0 Å². The number of ether oxygens (including phenoxy) is 2. The lowest BCUT2D eigenvalue weighted by Crippen LogP contribution is -2.29. The summed E-state index contributed by atoms with van der Waals surface area (Å²) in [5, 5.41) is 1.16. The molecule has 24 heavy (non-hydrogen) atoms. The van der Waals surface area contributed by atoms with Crippen LogP contribution >= 0.6 is 11.8 Å². The summed E-state index contributed by atoms with van der Waals surface area (Å²) >= 11 is 1.51. The van der Waals surface area contributed by atoms with Gasteiger partial charge in [0.1, 0.15) is 0 Å². The van der Waals surface area contributed by atoms with Crippen molar-refractivity contribution in [3.63, 3.8) is 0 Å². The Kier molecular flexibility index (Phi) is 5.20. The average Bonchev–Trinajstić information content (AvgIpc) is 3.10. The highest BCUT2D eigenvalue weighted by Crippen LogP contribution is 2.21. The van der Waals surface area contributed by atoms with Gasteiger partial charge in [0.2, 0.25) is 0 Å². The smallest absolute Gasteiger partial charge is 0.337 e. The molecule has 2 heterocycles. The summed E-state index contributed by atoms with van der Waals surface area (Å²) in [6.07, 6.45) is 2.05. The SMILES string of the molecule is CCSc1nc2cc(C(=O)OC)ccc2c(=O)n1C[C@@H]1CCCO1. The number of rotatable bonds is 5. The van der Waals surface area contributed by atoms with Crippen LogP contribution < -0.4 is 5.56 Å². The molecule has 1 aliphatic rings. The molecule has 0 aliphatic carbocycles. The van der Waals surface area contributed by atoms with Crippen molar-refractivity contribution in [1.82, 2.24) is 9.55 Å². The van der Waals surface area contributed by atoms with E-state index in [1.165, 1.54) is 18.9 Å². The first-order valence-electron chi connectivity index (χ1n) is 8.01. The molecule has 1 aliphatic heterocycles. The third kappa shape index (κ3) is 3.32. The first-order valence-corrected chi connectivity index (χ1v) is 9.00. The van der Waals surface area contributed by atoms with Crippen LogP contribution in [0.4, 0.5) is 0 Å². The number of thioether (sulfide) groups is 1. The summed E-state index contributed by atoms with van der Waals surface area (Å²) in [7, 11) is 1.33. The Labute approximate surface area is 144 Å². The molecule has 0 amide bonds. The summed E-state index contributed by atoms with van der Waals surface area (Å²) in [6, 6.07) is 4.85. The zero-order valence-corrected chi connectivity index (χ0v) is 14.6. The van der Waals surface area contributed by atoms with Gasteiger partial charge in [0.15, 0.2) is 5.16 Å². The van der Waals surface area contributed by atoms with E-state index in [0.29, 0.717) is 28.2 Å². The lowest BCUT2D eigenvalue weighted by Gasteiger charge is -2.16. The number of nitrogens with zero attached hydrogens (tertiary/aromatic N) is 2. The van der Waals surface area contributed by atoms with Crippen molar-refractivity contribution in [3.05, 3.63) is 34.1 Å². The highest BCUT2D eigenvalue weighted by Gasteiger charge is 2.20. The van der Waals surface area contributed by atoms with Crippen molar-refractivity contribution in [1.29, 1.82) is 0 Å². The van der Waals surface area contributed by atoms with Crippen molar-refractivity contribution in [2.24, 2.45) is 0 Å². The molecule has 0 unspecified atom stereocenters. The molecular weight excluding hydrogens is 328 g/mol. The number of hydrogen-bond acceptors (Lipinski definition) is 6. The normalized spacial score (nSPS) is 17.3. The number of aromatic nitrogens is 2. The summed E-state index contributed by atoms with van der Waals surface area (Å²) in [5.41, 5.74) is 0.812. The van der Waals surface area contributed by atoms with Crippen LogP contribution in [0.3, 0.4) is 0 Å². The largest absolute Gasteiger partial charge is 0.465 e. The van der Waals surface area contributed by atoms with Crippen LogP contribution in [-0.2, 0) is 16.0 Å². The molecule has 7 heteroatoms. The third-order valence-electron chi connectivity index (χ3n) is 4.03. The van der Waals surface area contributed by atoms with Gasteiger partial charge in [-0.05, 0) is 36.8 Å². The van der Waals surface area contributed by atoms with Gasteiger partial charge in [0.05, 0.1) is 36.2 Å². The van der Waals surface area contributed by atoms with E-state index in [1.807, 2.05) is 6.92 Å². The van der Waals surface area contributed by atoms with Gasteiger partial charge in [-0.1, -0.05) is 18.7 Å². The Hall–Kier alpha value is -1.86. The van der Waals surface area contributed by atoms with Gasteiger partial charge in [-0.2, -0.15) is 0 Å². The van der Waals surface area contributed by atoms with Crippen molar-refractivity contribution in [2.45, 2.75) is 37.6 Å². The molecule has 3 rings (SSSR count). The number of esters is 1. The number of carbonyl (C=O) groups excluding carboxylic acids is 1. The van der Waals surface area contributed by atoms with E-state index >= 15 is 0 Å². The zero-order valence-electron chi connectivity index (χ0n) is 13.8. The quantitative estimate of drug-likeness (QED) is 0.470. The fourth-order valence-corrected chi connectivity index (χ4v) is 3.57. The molecule has 0 spiro atoms. The molecule has 1 aromatic heterocycles. The minimum Gasteiger partial charge on any atom is -0.465 e. The van der Waals surface area contributed by atoms with E-state index in [-0.39, 0.29) is 11.7 Å². The predicted molar refractivity (Wildman–Crippen MR) is 92.7 cm³/mol. The fourth-order valence-electron chi connectivity index (χ4n) is 2.84. The fraction of sp³-hybridized carbons (Fsp3) is 0.471. The third-order valence-corrected chi connectivity index (χ3v) is 4.88. The standard InChI is InChI=1S/C17H20N2O4S/c1-3-24-17-18-14-9-11(16(21)22-2)6-7-13(14)15(20)19(17)10-12-5-4-8-23-12/h6-7,9,12H,3-5,8,10H2,1-2H3/t12-/m0/s1. The molecule has 2 aromatic rings. The van der Waals surface area contributed by atoms with Crippen molar-refractivity contribution >= 4 is 28.6 Å². The summed E-state index contributed by atoms with van der Waals surface area (Å²) in [4.78, 5) is 29.2. The Bertz CT molecular complexity index is 812. The maximum Gasteiger partial charge on any atom is 0.337 e. The highest BCUT2D eigenvalue weighted by atomic mass is 32.2. The van der Waals surface area contributed by atoms with Gasteiger partial charge in [-0.3, -0.25) is 9.36 Å². The van der Waals surface area contributed by atoms with E-state index < -0.39 is 5.97 Å². The number of carbonyl (C=O) groups is 1. The van der Waals surface area contributed by atoms with Gasteiger partial charge >= 0.3 is 5.97 Å². The number of hydrogen-bond donors (Lipinski definition) is 0. The van der Waals surface area contributed by atoms with Crippen LogP contribution in [0.1, 0.15) is 30.1 Å². The Morgan fingerprint density at radius 2 is 2.33 bits per heavy atom. The van der Waals surface area contributed by atoms with Crippen molar-refractivity contribution in [3.8, 4) is 0 Å². The molecule has 1 atom stereocenters. The average molecular weight is 348 g/mol. The molecule has 0 radical (unpaired) electrons. The van der Waals surface area contributed by atoms with E-state index in [4.69, 9.17) is 9.47 Å². The lowest BCUT2D eigenvalue weighted by atomic mass is 10.1. The molecule has 0 N–H and O–H groups in total. The Balaban J connectivity index is 2.09. The number of benzene rings is 1. The van der Waals surface area contributed by atoms with E-state index in [2.05, 4.69) is 4.98 Å². The maximum absolute atomic E-state index is 12.9. The van der Waals surface area contributed by atoms with Crippen LogP contribution in [0.25, 0.3) is 10.9 Å². The van der Waals surface area contributed by atoms with E-state index in [9.17, 15) is 9.59 Å². The maximum atomic E-state index is 12.9. The molecule has 0 saturated carbocycles. The topological polar surface area (TPSA) is 70.4 Å². The van der Waals surface area contributed by atoms with Crippen molar-refractivity contribution < 1.29 is 14.3 Å². The molecule has 0 bridgehead atoms. The monoisotopic (exact) mass is 348 g/mol. The van der Waals surface area contributed by atoms with Gasteiger partial charge in [-0.15, -0.1) is 0 Å². The summed E-state index contributed by atoms with van der Waals surface area (Å²) < 4.78 is 12.1. The van der Waals surface area contributed by atoms with E-state index in [1.54, 1.807) is 22.8 Å². The van der Waals surface area contributed by atoms with Gasteiger partial charge < -0.3 is 9.47 Å². The molecular formula is C17H20N2O4S.